The largest absolute Gasteiger partial charge is 0.398 e. The van der Waals surface area contributed by atoms with Gasteiger partial charge in [-0.1, -0.05) is 23.7 Å². The van der Waals surface area contributed by atoms with Gasteiger partial charge in [0.05, 0.1) is 5.56 Å². The standard InChI is InChI=1S/C24H24ClN7O/c1-14-11-15(2)30-24(29-14)32-23(31-22(33)18-5-3-4-6-20(18)26)27-10-9-16-13-28-21-8-7-17(25)12-19(16)21/h3-8,11-13,28H,9-10,26H2,1-2H3,(H2,27,29,30,31,32,33). The van der Waals surface area contributed by atoms with Crippen LogP contribution in [0, 0.1) is 13.8 Å². The Morgan fingerprint density at radius 3 is 2.64 bits per heavy atom. The molecule has 0 atom stereocenters. The number of nitrogens with one attached hydrogen (secondary N) is 3. The summed E-state index contributed by atoms with van der Waals surface area (Å²) in [5, 5.41) is 7.55. The number of hydrogen-bond acceptors (Lipinski definition) is 5. The molecular weight excluding hydrogens is 438 g/mol. The number of halogens is 1. The molecule has 0 saturated carbocycles. The fourth-order valence-electron chi connectivity index (χ4n) is 3.52. The number of guanidine groups is 1. The average molecular weight is 462 g/mol. The molecule has 0 unspecified atom stereocenters. The van der Waals surface area contributed by atoms with Crippen LogP contribution in [-0.4, -0.2) is 33.4 Å². The van der Waals surface area contributed by atoms with E-state index in [4.69, 9.17) is 17.3 Å². The highest BCUT2D eigenvalue weighted by Crippen LogP contribution is 2.22. The van der Waals surface area contributed by atoms with Crippen molar-refractivity contribution in [3.8, 4) is 0 Å². The number of nitrogen functional groups attached to an aromatic ring is 1. The maximum absolute atomic E-state index is 12.8. The Bertz CT molecular complexity index is 1330. The summed E-state index contributed by atoms with van der Waals surface area (Å²) in [6, 6.07) is 14.4. The van der Waals surface area contributed by atoms with Gasteiger partial charge in [-0.05, 0) is 62.2 Å². The van der Waals surface area contributed by atoms with E-state index in [1.807, 2.05) is 44.3 Å². The SMILES string of the molecule is Cc1cc(C)nc(NC(=NCCc2c[nH]c3ccc(Cl)cc23)NC(=O)c2ccccc2N)n1. The van der Waals surface area contributed by atoms with Crippen LogP contribution in [0.1, 0.15) is 27.3 Å². The number of amides is 1. The average Bonchev–Trinajstić information content (AvgIpc) is 3.15. The number of rotatable bonds is 5. The zero-order valence-electron chi connectivity index (χ0n) is 18.3. The molecule has 0 aliphatic heterocycles. The maximum Gasteiger partial charge on any atom is 0.260 e. The monoisotopic (exact) mass is 461 g/mol. The Hall–Kier alpha value is -3.91. The van der Waals surface area contributed by atoms with Crippen LogP contribution in [0.4, 0.5) is 11.6 Å². The van der Waals surface area contributed by atoms with Crippen molar-refractivity contribution < 1.29 is 4.79 Å². The topological polar surface area (TPSA) is 121 Å². The van der Waals surface area contributed by atoms with Gasteiger partial charge in [-0.3, -0.25) is 20.4 Å². The molecule has 4 rings (SSSR count). The Kier molecular flexibility index (Phi) is 6.55. The number of aromatic nitrogens is 3. The molecule has 0 radical (unpaired) electrons. The van der Waals surface area contributed by atoms with Gasteiger partial charge in [0.1, 0.15) is 0 Å². The van der Waals surface area contributed by atoms with Crippen molar-refractivity contribution in [1.82, 2.24) is 20.3 Å². The zero-order chi connectivity index (χ0) is 23.4. The van der Waals surface area contributed by atoms with E-state index < -0.39 is 0 Å². The molecule has 5 N–H and O–H groups in total. The highest BCUT2D eigenvalue weighted by atomic mass is 35.5. The van der Waals surface area contributed by atoms with E-state index in [1.54, 1.807) is 24.3 Å². The van der Waals surface area contributed by atoms with Crippen LogP contribution < -0.4 is 16.4 Å². The minimum absolute atomic E-state index is 0.242. The lowest BCUT2D eigenvalue weighted by atomic mass is 10.1. The third kappa shape index (κ3) is 5.48. The zero-order valence-corrected chi connectivity index (χ0v) is 19.1. The molecule has 4 aromatic rings. The Balaban J connectivity index is 1.56. The molecule has 1 amide bonds. The van der Waals surface area contributed by atoms with Crippen LogP contribution in [0.2, 0.25) is 5.02 Å². The highest BCUT2D eigenvalue weighted by molar-refractivity contribution is 6.31. The van der Waals surface area contributed by atoms with Crippen molar-refractivity contribution in [2.75, 3.05) is 17.6 Å². The van der Waals surface area contributed by atoms with E-state index in [2.05, 4.69) is 30.6 Å². The summed E-state index contributed by atoms with van der Waals surface area (Å²) >= 11 is 6.15. The van der Waals surface area contributed by atoms with Gasteiger partial charge in [0, 0.05) is 45.7 Å². The number of H-pyrrole nitrogens is 1. The second-order valence-corrected chi connectivity index (χ2v) is 8.06. The number of aryl methyl sites for hydroxylation is 2. The number of aliphatic imine (C=N–C) groups is 1. The number of benzene rings is 2. The Morgan fingerprint density at radius 2 is 1.88 bits per heavy atom. The minimum atomic E-state index is -0.373. The van der Waals surface area contributed by atoms with Crippen LogP contribution in [0.5, 0.6) is 0 Å². The predicted octanol–water partition coefficient (Wildman–Crippen LogP) is 4.25. The lowest BCUT2D eigenvalue weighted by Crippen LogP contribution is -2.37. The first-order chi connectivity index (χ1) is 15.9. The summed E-state index contributed by atoms with van der Waals surface area (Å²) in [4.78, 5) is 29.4. The summed E-state index contributed by atoms with van der Waals surface area (Å²) in [6.07, 6.45) is 2.59. The molecule has 0 aliphatic rings. The normalized spacial score (nSPS) is 11.5. The van der Waals surface area contributed by atoms with Gasteiger partial charge in [-0.15, -0.1) is 0 Å². The third-order valence-electron chi connectivity index (χ3n) is 5.03. The molecule has 0 bridgehead atoms. The molecule has 2 aromatic heterocycles. The number of hydrogen-bond donors (Lipinski definition) is 4. The van der Waals surface area contributed by atoms with Gasteiger partial charge in [0.15, 0.2) is 0 Å². The Labute approximate surface area is 196 Å². The molecular formula is C24H24ClN7O. The smallest absolute Gasteiger partial charge is 0.260 e. The second-order valence-electron chi connectivity index (χ2n) is 7.62. The second kappa shape index (κ2) is 9.70. The molecule has 2 aromatic carbocycles. The number of carbonyl (C=O) groups is 1. The number of anilines is 2. The first-order valence-corrected chi connectivity index (χ1v) is 10.8. The van der Waals surface area contributed by atoms with Crippen LogP contribution in [-0.2, 0) is 6.42 Å². The van der Waals surface area contributed by atoms with Gasteiger partial charge >= 0.3 is 0 Å². The maximum atomic E-state index is 12.8. The van der Waals surface area contributed by atoms with Gasteiger partial charge in [-0.2, -0.15) is 0 Å². The first kappa shape index (κ1) is 22.3. The molecule has 2 heterocycles. The molecule has 8 nitrogen and oxygen atoms in total. The molecule has 9 heteroatoms. The molecule has 168 valence electrons. The summed E-state index contributed by atoms with van der Waals surface area (Å²) in [5.41, 5.74) is 10.4. The van der Waals surface area contributed by atoms with E-state index in [-0.39, 0.29) is 11.9 Å². The van der Waals surface area contributed by atoms with E-state index in [1.165, 1.54) is 0 Å². The van der Waals surface area contributed by atoms with Gasteiger partial charge in [-0.25, -0.2) is 9.97 Å². The van der Waals surface area contributed by atoms with E-state index in [0.717, 1.165) is 27.9 Å². The number of aromatic amines is 1. The number of nitrogens with zero attached hydrogens (tertiary/aromatic N) is 3. The Morgan fingerprint density at radius 1 is 1.12 bits per heavy atom. The summed E-state index contributed by atoms with van der Waals surface area (Å²) in [7, 11) is 0. The third-order valence-corrected chi connectivity index (χ3v) is 5.27. The van der Waals surface area contributed by atoms with Crippen LogP contribution in [0.25, 0.3) is 10.9 Å². The van der Waals surface area contributed by atoms with Crippen LogP contribution in [0.3, 0.4) is 0 Å². The highest BCUT2D eigenvalue weighted by Gasteiger charge is 2.13. The molecule has 0 aliphatic carbocycles. The minimum Gasteiger partial charge on any atom is -0.398 e. The lowest BCUT2D eigenvalue weighted by Gasteiger charge is -2.12. The molecule has 0 saturated heterocycles. The summed E-state index contributed by atoms with van der Waals surface area (Å²) in [5.74, 6) is 0.222. The van der Waals surface area contributed by atoms with Crippen molar-refractivity contribution in [2.45, 2.75) is 20.3 Å². The van der Waals surface area contributed by atoms with Crippen LogP contribution in [0.15, 0.2) is 59.7 Å². The quantitative estimate of drug-likeness (QED) is 0.201. The van der Waals surface area contributed by atoms with Crippen molar-refractivity contribution >= 4 is 46.0 Å². The van der Waals surface area contributed by atoms with Gasteiger partial charge in [0.2, 0.25) is 11.9 Å². The molecule has 0 fully saturated rings. The van der Waals surface area contributed by atoms with Crippen molar-refractivity contribution in [3.05, 3.63) is 82.3 Å². The fourth-order valence-corrected chi connectivity index (χ4v) is 3.69. The van der Waals surface area contributed by atoms with E-state index >= 15 is 0 Å². The number of para-hydroxylation sites is 1. The van der Waals surface area contributed by atoms with Crippen molar-refractivity contribution in [2.24, 2.45) is 4.99 Å². The van der Waals surface area contributed by atoms with Crippen molar-refractivity contribution in [3.63, 3.8) is 0 Å². The van der Waals surface area contributed by atoms with E-state index in [0.29, 0.717) is 35.2 Å². The number of fused-ring (bicyclic) bond motifs is 1. The first-order valence-electron chi connectivity index (χ1n) is 10.4. The number of carbonyl (C=O) groups excluding carboxylic acids is 1. The molecule has 0 spiro atoms. The lowest BCUT2D eigenvalue weighted by molar-refractivity contribution is 0.0978. The van der Waals surface area contributed by atoms with Crippen molar-refractivity contribution in [1.29, 1.82) is 0 Å². The molecule has 33 heavy (non-hydrogen) atoms. The number of nitrogens with two attached hydrogens (primary N) is 1. The van der Waals surface area contributed by atoms with Crippen LogP contribution >= 0.6 is 11.6 Å². The predicted molar refractivity (Wildman–Crippen MR) is 133 cm³/mol. The van der Waals surface area contributed by atoms with Gasteiger partial charge in [0.25, 0.3) is 5.91 Å². The summed E-state index contributed by atoms with van der Waals surface area (Å²) in [6.45, 7) is 4.17. The summed E-state index contributed by atoms with van der Waals surface area (Å²) < 4.78 is 0. The fraction of sp³-hybridized carbons (Fsp3) is 0.167. The van der Waals surface area contributed by atoms with E-state index in [9.17, 15) is 4.79 Å². The van der Waals surface area contributed by atoms with Gasteiger partial charge < -0.3 is 10.7 Å².